The number of carbonyl (C=O) groups is 2. The third-order valence-corrected chi connectivity index (χ3v) is 5.74. The maximum atomic E-state index is 14.2. The molecule has 1 N–H and O–H groups in total. The molecule has 4 heterocycles. The molecule has 3 aromatic rings. The summed E-state index contributed by atoms with van der Waals surface area (Å²) in [6, 6.07) is 10.1. The summed E-state index contributed by atoms with van der Waals surface area (Å²) in [7, 11) is 0. The van der Waals surface area contributed by atoms with Gasteiger partial charge in [-0.3, -0.25) is 19.9 Å². The Morgan fingerprint density at radius 3 is 2.74 bits per heavy atom. The molecule has 0 bridgehead atoms. The summed E-state index contributed by atoms with van der Waals surface area (Å²) in [5.74, 6) is -1.55. The molecule has 3 aliphatic rings. The number of hydrogen-bond donors (Lipinski definition) is 1. The molecule has 0 saturated carbocycles. The number of nitrogens with one attached hydrogen (secondary N) is 1. The van der Waals surface area contributed by atoms with Crippen LogP contribution in [0.5, 0.6) is 0 Å². The molecule has 2 amide bonds. The summed E-state index contributed by atoms with van der Waals surface area (Å²) in [6.07, 6.45) is 5.76. The average molecular weight is 436 g/mol. The Hall–Kier alpha value is -3.71. The number of hydrogen-bond acceptors (Lipinski definition) is 5. The van der Waals surface area contributed by atoms with Gasteiger partial charge in [-0.15, -0.1) is 12.4 Å². The lowest BCUT2D eigenvalue weighted by Gasteiger charge is -2.17. The van der Waals surface area contributed by atoms with Gasteiger partial charge >= 0.3 is 0 Å². The molecule has 31 heavy (non-hydrogen) atoms. The van der Waals surface area contributed by atoms with E-state index in [0.717, 1.165) is 29.8 Å². The van der Waals surface area contributed by atoms with Gasteiger partial charge in [0.25, 0.3) is 11.8 Å². The smallest absolute Gasteiger partial charge is 0.261 e. The van der Waals surface area contributed by atoms with Crippen LogP contribution in [0, 0.1) is 5.82 Å². The first kappa shape index (κ1) is 19.3. The molecule has 8 heteroatoms. The van der Waals surface area contributed by atoms with Crippen LogP contribution in [-0.4, -0.2) is 24.1 Å². The largest absolute Gasteiger partial charge is 0.464 e. The second-order valence-electron chi connectivity index (χ2n) is 7.32. The number of anilines is 1. The Morgan fingerprint density at radius 2 is 1.87 bits per heavy atom. The van der Waals surface area contributed by atoms with Crippen LogP contribution < -0.4 is 10.2 Å². The molecule has 3 aliphatic heterocycles. The number of fused-ring (bicyclic) bond motifs is 1. The van der Waals surface area contributed by atoms with Gasteiger partial charge in [-0.05, 0) is 30.2 Å². The summed E-state index contributed by atoms with van der Waals surface area (Å²) in [5, 5.41) is 2.62. The molecule has 0 spiro atoms. The van der Waals surface area contributed by atoms with E-state index in [-0.39, 0.29) is 34.5 Å². The summed E-state index contributed by atoms with van der Waals surface area (Å²) >= 11 is 0. The lowest BCUT2D eigenvalue weighted by Crippen LogP contribution is -2.25. The number of furan rings is 1. The Balaban J connectivity index is 0.00000204. The van der Waals surface area contributed by atoms with Crippen molar-refractivity contribution in [3.63, 3.8) is 0 Å². The maximum absolute atomic E-state index is 14.2. The molecule has 0 saturated heterocycles. The van der Waals surface area contributed by atoms with E-state index in [4.69, 9.17) is 4.42 Å². The van der Waals surface area contributed by atoms with Crippen LogP contribution in [0.25, 0.3) is 16.5 Å². The summed E-state index contributed by atoms with van der Waals surface area (Å²) in [4.78, 5) is 32.4. The molecule has 0 aliphatic carbocycles. The molecular formula is C23H15ClFN3O3. The molecule has 0 radical (unpaired) electrons. The van der Waals surface area contributed by atoms with Gasteiger partial charge in [0.2, 0.25) is 0 Å². The normalized spacial score (nSPS) is 16.9. The monoisotopic (exact) mass is 435 g/mol. The topological polar surface area (TPSA) is 74.9 Å². The minimum atomic E-state index is -0.556. The lowest BCUT2D eigenvalue weighted by atomic mass is 9.92. The molecular weight excluding hydrogens is 421 g/mol. The predicted molar refractivity (Wildman–Crippen MR) is 117 cm³/mol. The quantitative estimate of drug-likeness (QED) is 0.622. The highest BCUT2D eigenvalue weighted by molar-refractivity contribution is 6.48. The zero-order chi connectivity index (χ0) is 20.4. The zero-order valence-corrected chi connectivity index (χ0v) is 16.8. The minimum absolute atomic E-state index is 0. The SMILES string of the molecule is Cl.O=C1NC(=O)C(c2ccc(F)c3ccoc23)=C1C1=NC=CN2CCc3cccc1c32. The molecule has 6 rings (SSSR count). The fraction of sp³-hybridized carbons (Fsp3) is 0.0870. The van der Waals surface area contributed by atoms with Gasteiger partial charge in [-0.1, -0.05) is 18.2 Å². The Labute approximate surface area is 182 Å². The van der Waals surface area contributed by atoms with Crippen molar-refractivity contribution < 1.29 is 18.4 Å². The summed E-state index contributed by atoms with van der Waals surface area (Å²) in [6.45, 7) is 0.827. The van der Waals surface area contributed by atoms with Crippen LogP contribution in [0.2, 0.25) is 0 Å². The first-order valence-electron chi connectivity index (χ1n) is 9.53. The van der Waals surface area contributed by atoms with Crippen LogP contribution in [0.15, 0.2) is 70.0 Å². The van der Waals surface area contributed by atoms with Crippen molar-refractivity contribution in [3.05, 3.63) is 83.1 Å². The van der Waals surface area contributed by atoms with Gasteiger partial charge in [-0.25, -0.2) is 4.39 Å². The Morgan fingerprint density at radius 1 is 1.03 bits per heavy atom. The second-order valence-corrected chi connectivity index (χ2v) is 7.32. The van der Waals surface area contributed by atoms with E-state index in [9.17, 15) is 14.0 Å². The summed E-state index contributed by atoms with van der Waals surface area (Å²) in [5.41, 5.74) is 4.22. The Bertz CT molecular complexity index is 1390. The first-order chi connectivity index (χ1) is 14.6. The number of halogens is 2. The van der Waals surface area contributed by atoms with Crippen molar-refractivity contribution in [2.24, 2.45) is 4.99 Å². The number of nitrogens with zero attached hydrogens (tertiary/aromatic N) is 2. The molecule has 6 nitrogen and oxygen atoms in total. The number of carbonyl (C=O) groups excluding carboxylic acids is 2. The van der Waals surface area contributed by atoms with Crippen molar-refractivity contribution >= 4 is 52.2 Å². The van der Waals surface area contributed by atoms with Gasteiger partial charge in [0.05, 0.1) is 34.2 Å². The highest BCUT2D eigenvalue weighted by Crippen LogP contribution is 2.38. The van der Waals surface area contributed by atoms with E-state index >= 15 is 0 Å². The number of amides is 2. The predicted octanol–water partition coefficient (Wildman–Crippen LogP) is 3.74. The van der Waals surface area contributed by atoms with Crippen LogP contribution >= 0.6 is 12.4 Å². The van der Waals surface area contributed by atoms with Gasteiger partial charge < -0.3 is 9.32 Å². The molecule has 1 aromatic heterocycles. The molecule has 0 fully saturated rings. The fourth-order valence-electron chi connectivity index (χ4n) is 4.45. The van der Waals surface area contributed by atoms with Crippen molar-refractivity contribution in [2.75, 3.05) is 11.4 Å². The van der Waals surface area contributed by atoms with E-state index in [0.29, 0.717) is 11.3 Å². The van der Waals surface area contributed by atoms with Crippen molar-refractivity contribution in [1.29, 1.82) is 0 Å². The third-order valence-electron chi connectivity index (χ3n) is 5.74. The highest BCUT2D eigenvalue weighted by Gasteiger charge is 2.38. The number of benzene rings is 2. The number of para-hydroxylation sites is 1. The number of rotatable bonds is 2. The average Bonchev–Trinajstić information content (AvgIpc) is 3.41. The zero-order valence-electron chi connectivity index (χ0n) is 16.0. The number of imide groups is 1. The molecule has 0 unspecified atom stereocenters. The van der Waals surface area contributed by atoms with Crippen molar-refractivity contribution in [2.45, 2.75) is 6.42 Å². The first-order valence-corrected chi connectivity index (χ1v) is 9.53. The van der Waals surface area contributed by atoms with E-state index < -0.39 is 17.6 Å². The standard InChI is InChI=1S/C23H14FN3O3.ClH/c24-16-5-4-14(21-13(16)7-11-30-21)17-18(23(29)26-22(17)28)19-15-3-1-2-12-6-9-27(20(12)15)10-8-25-19;/h1-5,7-8,10-11H,6,9H2,(H,26,28,29);1H. The molecule has 2 aromatic carbocycles. The maximum Gasteiger partial charge on any atom is 0.261 e. The van der Waals surface area contributed by atoms with Gasteiger partial charge in [0, 0.05) is 30.1 Å². The van der Waals surface area contributed by atoms with Crippen LogP contribution in [0.1, 0.15) is 16.7 Å². The molecule has 0 atom stereocenters. The van der Waals surface area contributed by atoms with E-state index in [1.165, 1.54) is 24.5 Å². The Kier molecular flexibility index (Phi) is 4.30. The van der Waals surface area contributed by atoms with Gasteiger partial charge in [0.15, 0.2) is 0 Å². The van der Waals surface area contributed by atoms with Crippen LogP contribution in [0.3, 0.4) is 0 Å². The van der Waals surface area contributed by atoms with Gasteiger partial charge in [-0.2, -0.15) is 0 Å². The fourth-order valence-corrected chi connectivity index (χ4v) is 4.45. The van der Waals surface area contributed by atoms with Crippen molar-refractivity contribution in [3.8, 4) is 0 Å². The van der Waals surface area contributed by atoms with Gasteiger partial charge in [0.1, 0.15) is 11.4 Å². The third kappa shape index (κ3) is 2.67. The second kappa shape index (κ2) is 6.92. The minimum Gasteiger partial charge on any atom is -0.464 e. The van der Waals surface area contributed by atoms with E-state index in [2.05, 4.69) is 21.3 Å². The van der Waals surface area contributed by atoms with E-state index in [1.54, 1.807) is 6.20 Å². The summed E-state index contributed by atoms with van der Waals surface area (Å²) < 4.78 is 19.6. The van der Waals surface area contributed by atoms with Crippen molar-refractivity contribution in [1.82, 2.24) is 5.32 Å². The molecule has 154 valence electrons. The van der Waals surface area contributed by atoms with Crippen LogP contribution in [-0.2, 0) is 16.0 Å². The van der Waals surface area contributed by atoms with Crippen LogP contribution in [0.4, 0.5) is 10.1 Å². The number of aliphatic imine (C=N–C) groups is 1. The highest BCUT2D eigenvalue weighted by atomic mass is 35.5. The van der Waals surface area contributed by atoms with E-state index in [1.807, 2.05) is 18.3 Å². The lowest BCUT2D eigenvalue weighted by molar-refractivity contribution is -0.123.